The third kappa shape index (κ3) is 9.20. The molecule has 0 aromatic heterocycles. The molecule has 0 unspecified atom stereocenters. The molecule has 4 aromatic carbocycles. The van der Waals surface area contributed by atoms with Crippen molar-refractivity contribution in [1.29, 1.82) is 0 Å². The van der Waals surface area contributed by atoms with Crippen LogP contribution in [0.15, 0.2) is 102 Å². The molecule has 47 heavy (non-hydrogen) atoms. The SMILES string of the molecule is CCOc1ccccc1N(CC(=O)N(Cc1c(Cl)cccc1Cl)[C@H](Cc1ccccc1)C(=O)NC(C)C)S(=O)(=O)c1ccc(Cl)cc1. The van der Waals surface area contributed by atoms with Crippen LogP contribution in [0, 0.1) is 0 Å². The molecule has 0 fully saturated rings. The standard InChI is InChI=1S/C35H36Cl3N3O5S/c1-4-46-33-16-9-8-15-31(33)41(47(44,45)27-19-17-26(36)18-20-27)23-34(42)40(22-28-29(37)13-10-14-30(28)38)32(35(43)39-24(2)3)21-25-11-6-5-7-12-25/h5-20,24,32H,4,21-23H2,1-3H3,(H,39,43)/t32-/m1/s1. The monoisotopic (exact) mass is 715 g/mol. The Balaban J connectivity index is 1.87. The lowest BCUT2D eigenvalue weighted by Gasteiger charge is -2.34. The molecule has 2 amide bonds. The molecule has 0 radical (unpaired) electrons. The summed E-state index contributed by atoms with van der Waals surface area (Å²) in [4.78, 5) is 29.8. The zero-order chi connectivity index (χ0) is 34.1. The number of ether oxygens (including phenoxy) is 1. The van der Waals surface area contributed by atoms with Gasteiger partial charge in [-0.1, -0.05) is 83.3 Å². The van der Waals surface area contributed by atoms with Crippen LogP contribution in [-0.2, 0) is 32.6 Å². The van der Waals surface area contributed by atoms with E-state index in [1.165, 1.54) is 29.2 Å². The largest absolute Gasteiger partial charge is 0.492 e. The molecule has 0 saturated carbocycles. The predicted octanol–water partition coefficient (Wildman–Crippen LogP) is 7.41. The number of hydrogen-bond donors (Lipinski definition) is 1. The average Bonchev–Trinajstić information content (AvgIpc) is 3.03. The average molecular weight is 717 g/mol. The van der Waals surface area contributed by atoms with Crippen LogP contribution in [0.4, 0.5) is 5.69 Å². The topological polar surface area (TPSA) is 96.0 Å². The van der Waals surface area contributed by atoms with Crippen molar-refractivity contribution in [3.05, 3.63) is 123 Å². The van der Waals surface area contributed by atoms with Crippen LogP contribution in [0.5, 0.6) is 5.75 Å². The summed E-state index contributed by atoms with van der Waals surface area (Å²) >= 11 is 19.2. The van der Waals surface area contributed by atoms with Crippen LogP contribution in [-0.4, -0.2) is 50.4 Å². The van der Waals surface area contributed by atoms with Crippen molar-refractivity contribution >= 4 is 62.3 Å². The lowest BCUT2D eigenvalue weighted by molar-refractivity contribution is -0.140. The van der Waals surface area contributed by atoms with Gasteiger partial charge >= 0.3 is 0 Å². The third-order valence-corrected chi connectivity index (χ3v) is 9.94. The summed E-state index contributed by atoms with van der Waals surface area (Å²) < 4.78 is 35.4. The van der Waals surface area contributed by atoms with Gasteiger partial charge in [0.15, 0.2) is 0 Å². The number of carbonyl (C=O) groups excluding carboxylic acids is 2. The molecule has 0 saturated heterocycles. The van der Waals surface area contributed by atoms with Crippen LogP contribution < -0.4 is 14.4 Å². The third-order valence-electron chi connectivity index (χ3n) is 7.21. The Labute approximate surface area is 291 Å². The minimum atomic E-state index is -4.36. The molecule has 0 spiro atoms. The Bertz CT molecular complexity index is 1770. The maximum atomic E-state index is 14.7. The number of para-hydroxylation sites is 2. The van der Waals surface area contributed by atoms with E-state index in [4.69, 9.17) is 39.5 Å². The van der Waals surface area contributed by atoms with Gasteiger partial charge in [-0.05, 0) is 74.9 Å². The number of rotatable bonds is 14. The van der Waals surface area contributed by atoms with E-state index in [0.717, 1.165) is 9.87 Å². The highest BCUT2D eigenvalue weighted by Gasteiger charge is 2.36. The fourth-order valence-electron chi connectivity index (χ4n) is 4.98. The van der Waals surface area contributed by atoms with Gasteiger partial charge in [0.05, 0.1) is 17.2 Å². The number of amides is 2. The molecule has 0 heterocycles. The quantitative estimate of drug-likeness (QED) is 0.147. The second-order valence-corrected chi connectivity index (χ2v) is 14.1. The lowest BCUT2D eigenvalue weighted by atomic mass is 10.0. The van der Waals surface area contributed by atoms with Gasteiger partial charge in [0.2, 0.25) is 11.8 Å². The maximum absolute atomic E-state index is 14.7. The second kappa shape index (κ2) is 16.4. The van der Waals surface area contributed by atoms with Crippen LogP contribution in [0.3, 0.4) is 0 Å². The molecular formula is C35H36Cl3N3O5S. The molecule has 0 aliphatic heterocycles. The van der Waals surface area contributed by atoms with Crippen molar-refractivity contribution in [3.8, 4) is 5.75 Å². The highest BCUT2D eigenvalue weighted by atomic mass is 35.5. The van der Waals surface area contributed by atoms with E-state index < -0.39 is 34.4 Å². The normalized spacial score (nSPS) is 12.0. The Kier molecular flexibility index (Phi) is 12.6. The first kappa shape index (κ1) is 36.1. The van der Waals surface area contributed by atoms with E-state index in [9.17, 15) is 18.0 Å². The Morgan fingerprint density at radius 3 is 2.06 bits per heavy atom. The minimum Gasteiger partial charge on any atom is -0.492 e. The minimum absolute atomic E-state index is 0.0833. The van der Waals surface area contributed by atoms with Gasteiger partial charge in [-0.3, -0.25) is 13.9 Å². The summed E-state index contributed by atoms with van der Waals surface area (Å²) in [5.74, 6) is -0.814. The van der Waals surface area contributed by atoms with E-state index in [0.29, 0.717) is 20.6 Å². The molecular weight excluding hydrogens is 681 g/mol. The van der Waals surface area contributed by atoms with Gasteiger partial charge in [0.1, 0.15) is 18.3 Å². The van der Waals surface area contributed by atoms with E-state index >= 15 is 0 Å². The summed E-state index contributed by atoms with van der Waals surface area (Å²) in [6.07, 6.45) is 0.146. The van der Waals surface area contributed by atoms with Gasteiger partial charge in [0, 0.05) is 39.6 Å². The van der Waals surface area contributed by atoms with Crippen LogP contribution >= 0.6 is 34.8 Å². The van der Waals surface area contributed by atoms with Gasteiger partial charge < -0.3 is 15.0 Å². The van der Waals surface area contributed by atoms with E-state index in [-0.39, 0.29) is 41.9 Å². The Hall–Kier alpha value is -3.76. The van der Waals surface area contributed by atoms with Crippen molar-refractivity contribution < 1.29 is 22.7 Å². The molecule has 4 aromatic rings. The number of nitrogens with zero attached hydrogens (tertiary/aromatic N) is 2. The molecule has 1 atom stereocenters. The van der Waals surface area contributed by atoms with Crippen molar-refractivity contribution in [2.45, 2.75) is 50.7 Å². The fourth-order valence-corrected chi connectivity index (χ4v) is 7.04. The van der Waals surface area contributed by atoms with Crippen LogP contribution in [0.1, 0.15) is 31.9 Å². The smallest absolute Gasteiger partial charge is 0.264 e. The molecule has 0 bridgehead atoms. The van der Waals surface area contributed by atoms with Gasteiger partial charge in [-0.25, -0.2) is 8.42 Å². The number of nitrogens with one attached hydrogen (secondary N) is 1. The Morgan fingerprint density at radius 1 is 0.830 bits per heavy atom. The summed E-state index contributed by atoms with van der Waals surface area (Å²) in [5.41, 5.74) is 1.37. The highest BCUT2D eigenvalue weighted by Crippen LogP contribution is 2.34. The van der Waals surface area contributed by atoms with Crippen LogP contribution in [0.2, 0.25) is 15.1 Å². The second-order valence-electron chi connectivity index (χ2n) is 11.0. The molecule has 1 N–H and O–H groups in total. The van der Waals surface area contributed by atoms with E-state index in [2.05, 4.69) is 5.32 Å². The zero-order valence-electron chi connectivity index (χ0n) is 26.2. The first-order valence-corrected chi connectivity index (χ1v) is 17.6. The van der Waals surface area contributed by atoms with Crippen molar-refractivity contribution in [2.24, 2.45) is 0 Å². The van der Waals surface area contributed by atoms with E-state index in [1.807, 2.05) is 44.2 Å². The van der Waals surface area contributed by atoms with Crippen molar-refractivity contribution in [1.82, 2.24) is 10.2 Å². The number of benzene rings is 4. The summed E-state index contributed by atoms with van der Waals surface area (Å²) in [5, 5.41) is 3.87. The van der Waals surface area contributed by atoms with Crippen molar-refractivity contribution in [3.63, 3.8) is 0 Å². The molecule has 0 aliphatic carbocycles. The molecule has 8 nitrogen and oxygen atoms in total. The van der Waals surface area contributed by atoms with Crippen molar-refractivity contribution in [2.75, 3.05) is 17.5 Å². The van der Waals surface area contributed by atoms with E-state index in [1.54, 1.807) is 49.4 Å². The first-order valence-electron chi connectivity index (χ1n) is 15.0. The predicted molar refractivity (Wildman–Crippen MR) is 188 cm³/mol. The Morgan fingerprint density at radius 2 is 1.45 bits per heavy atom. The number of carbonyl (C=O) groups is 2. The van der Waals surface area contributed by atoms with Gasteiger partial charge in [-0.2, -0.15) is 0 Å². The number of anilines is 1. The molecule has 0 aliphatic rings. The highest BCUT2D eigenvalue weighted by molar-refractivity contribution is 7.92. The summed E-state index contributed by atoms with van der Waals surface area (Å²) in [7, 11) is -4.36. The zero-order valence-corrected chi connectivity index (χ0v) is 29.3. The number of hydrogen-bond acceptors (Lipinski definition) is 5. The number of halogens is 3. The fraction of sp³-hybridized carbons (Fsp3) is 0.257. The van der Waals surface area contributed by atoms with Gasteiger partial charge in [-0.15, -0.1) is 0 Å². The van der Waals surface area contributed by atoms with Crippen LogP contribution in [0.25, 0.3) is 0 Å². The molecule has 4 rings (SSSR count). The maximum Gasteiger partial charge on any atom is 0.264 e. The number of sulfonamides is 1. The van der Waals surface area contributed by atoms with Gasteiger partial charge in [0.25, 0.3) is 10.0 Å². The molecule has 12 heteroatoms. The molecule has 248 valence electrons. The summed E-state index contributed by atoms with van der Waals surface area (Å²) in [6, 6.07) is 25.1. The summed E-state index contributed by atoms with van der Waals surface area (Å²) in [6.45, 7) is 4.83. The first-order chi connectivity index (χ1) is 22.4. The lowest BCUT2D eigenvalue weighted by Crippen LogP contribution is -2.54.